The highest BCUT2D eigenvalue weighted by molar-refractivity contribution is 6.42. The first kappa shape index (κ1) is 8.94. The zero-order valence-electron chi connectivity index (χ0n) is 5.18. The second-order valence-corrected chi connectivity index (χ2v) is 2.81. The Labute approximate surface area is 77.7 Å². The lowest BCUT2D eigenvalue weighted by Gasteiger charge is -1.95. The Morgan fingerprint density at radius 2 is 2.00 bits per heavy atom. The molecule has 1 aromatic carbocycles. The number of benzene rings is 1. The van der Waals surface area contributed by atoms with Crippen LogP contribution in [0, 0.1) is 11.3 Å². The van der Waals surface area contributed by atoms with Crippen LogP contribution in [0.15, 0.2) is 18.2 Å². The molecule has 0 bridgehead atoms. The molecule has 0 amide bonds. The summed E-state index contributed by atoms with van der Waals surface area (Å²) >= 11 is 11.7. The van der Waals surface area contributed by atoms with E-state index in [0.717, 1.165) is 0 Å². The molecule has 2 nitrogen and oxygen atoms in total. The Kier molecular flexibility index (Phi) is 3.27. The summed E-state index contributed by atoms with van der Waals surface area (Å²) in [5.41, 5.74) is 0. The van der Waals surface area contributed by atoms with Gasteiger partial charge >= 0.3 is 11.3 Å². The molecule has 0 spiro atoms. The van der Waals surface area contributed by atoms with E-state index in [1.54, 1.807) is 12.1 Å². The largest absolute Gasteiger partial charge is 0.495 e. The third-order valence-corrected chi connectivity index (χ3v) is 1.99. The predicted octanol–water partition coefficient (Wildman–Crippen LogP) is 1.65. The van der Waals surface area contributed by atoms with Gasteiger partial charge in [-0.25, -0.2) is 4.29 Å². The number of rotatable bonds is 2. The summed E-state index contributed by atoms with van der Waals surface area (Å²) in [5, 5.41) is 0.798. The summed E-state index contributed by atoms with van der Waals surface area (Å²) in [6, 6.07) is 4.58. The van der Waals surface area contributed by atoms with Crippen molar-refractivity contribution in [3.8, 4) is 5.75 Å². The first-order chi connectivity index (χ1) is 5.24. The molecule has 0 saturated carbocycles. The number of hydrogen-bond acceptors (Lipinski definition) is 2. The highest BCUT2D eigenvalue weighted by Gasteiger charge is 2.03. The summed E-state index contributed by atoms with van der Waals surface area (Å²) in [5.74, 6) is 0.378. The smallest absolute Gasteiger partial charge is 0.393 e. The molecule has 5 heteroatoms. The van der Waals surface area contributed by atoms with Crippen molar-refractivity contribution in [1.29, 1.82) is 0 Å². The Morgan fingerprint density at radius 1 is 1.27 bits per heavy atom. The van der Waals surface area contributed by atoms with E-state index in [4.69, 9.17) is 23.2 Å². The first-order valence-corrected chi connectivity index (χ1v) is 4.00. The molecule has 0 N–H and O–H groups in total. The molecule has 0 fully saturated rings. The fourth-order valence-electron chi connectivity index (χ4n) is 0.561. The number of halogens is 3. The van der Waals surface area contributed by atoms with Gasteiger partial charge in [-0.1, -0.05) is 23.2 Å². The van der Waals surface area contributed by atoms with E-state index < -0.39 is 0 Å². The second-order valence-electron chi connectivity index (χ2n) is 1.72. The maximum atomic E-state index is 9.86. The molecule has 0 saturated heterocycles. The quantitative estimate of drug-likeness (QED) is 0.748. The molecule has 0 unspecified atom stereocenters. The molecule has 1 aromatic rings. The molecule has 0 aliphatic heterocycles. The molecule has 0 aliphatic carbocycles. The predicted molar refractivity (Wildman–Crippen MR) is 37.1 cm³/mol. The minimum absolute atomic E-state index is 0.364. The van der Waals surface area contributed by atoms with Crippen LogP contribution < -0.4 is 8.95 Å². The molecule has 0 aliphatic rings. The van der Waals surface area contributed by atoms with Gasteiger partial charge in [0.05, 0.1) is 10.0 Å². The van der Waals surface area contributed by atoms with Crippen LogP contribution in [0.1, 0.15) is 0 Å². The van der Waals surface area contributed by atoms with Crippen LogP contribution >= 0.6 is 23.2 Å². The zero-order chi connectivity index (χ0) is 8.27. The summed E-state index contributed by atoms with van der Waals surface area (Å²) in [7, 11) is 0. The van der Waals surface area contributed by atoms with Gasteiger partial charge in [0.15, 0.2) is 0 Å². The van der Waals surface area contributed by atoms with Crippen molar-refractivity contribution in [2.75, 3.05) is 0 Å². The van der Waals surface area contributed by atoms with Gasteiger partial charge in [0.25, 0.3) is 0 Å². The van der Waals surface area contributed by atoms with Crippen LogP contribution in [0.2, 0.25) is 10.0 Å². The topological polar surface area (TPSA) is 32.3 Å². The van der Waals surface area contributed by atoms with Crippen LogP contribution in [-0.2, 0) is 0 Å². The maximum absolute atomic E-state index is 9.86. The molecule has 0 heterocycles. The van der Waals surface area contributed by atoms with Crippen molar-refractivity contribution < 1.29 is 20.3 Å². The lowest BCUT2D eigenvalue weighted by Crippen LogP contribution is -2.06. The van der Waals surface area contributed by atoms with E-state index in [2.05, 4.69) is 4.29 Å². The van der Waals surface area contributed by atoms with Crippen LogP contribution in [0.5, 0.6) is 5.75 Å². The van der Waals surface area contributed by atoms with Gasteiger partial charge in [0.1, 0.15) is 0 Å². The lowest BCUT2D eigenvalue weighted by atomic mass is 10.3. The molecular formula is C6H3Cl3O2. The summed E-state index contributed by atoms with van der Waals surface area (Å²) in [6.45, 7) is 0. The van der Waals surface area contributed by atoms with Gasteiger partial charge < -0.3 is 4.66 Å². The van der Waals surface area contributed by atoms with E-state index >= 15 is 0 Å². The average molecular weight is 213 g/mol. The molecule has 0 aromatic heterocycles. The normalized spacial score (nSPS) is 9.73. The van der Waals surface area contributed by atoms with E-state index in [9.17, 15) is 4.66 Å². The van der Waals surface area contributed by atoms with Crippen molar-refractivity contribution >= 4 is 23.2 Å². The van der Waals surface area contributed by atoms with Gasteiger partial charge in [-0.3, -0.25) is 0 Å². The van der Waals surface area contributed by atoms with E-state index in [1.807, 2.05) is 0 Å². The standard InChI is InChI=1S/C6H3Cl3O2/c7-5-2-1-4(11-9-10)3-6(5)8/h1-3H. The van der Waals surface area contributed by atoms with Crippen LogP contribution in [0.3, 0.4) is 0 Å². The fraction of sp³-hybridized carbons (Fsp3) is 0. The van der Waals surface area contributed by atoms with Crippen molar-refractivity contribution in [1.82, 2.24) is 0 Å². The molecular weight excluding hydrogens is 210 g/mol. The summed E-state index contributed by atoms with van der Waals surface area (Å²) < 4.78 is 14.4. The summed E-state index contributed by atoms with van der Waals surface area (Å²) in [4.78, 5) is 0. The second kappa shape index (κ2) is 4.02. The van der Waals surface area contributed by atoms with Gasteiger partial charge in [-0.05, 0) is 12.1 Å². The third-order valence-electron chi connectivity index (χ3n) is 1.01. The Morgan fingerprint density at radius 3 is 2.55 bits per heavy atom. The minimum Gasteiger partial charge on any atom is -0.495 e. The zero-order valence-corrected chi connectivity index (χ0v) is 7.45. The Balaban J connectivity index is 2.86. The Hall–Kier alpha value is -0.150. The molecule has 0 radical (unpaired) electrons. The average Bonchev–Trinajstić information content (AvgIpc) is 1.98. The first-order valence-electron chi connectivity index (χ1n) is 2.63. The SMILES string of the molecule is [O-][Cl+]Oc1ccc(Cl)c(Cl)c1. The van der Waals surface area contributed by atoms with E-state index in [0.29, 0.717) is 27.1 Å². The van der Waals surface area contributed by atoms with Gasteiger partial charge in [0.2, 0.25) is 5.75 Å². The minimum atomic E-state index is 0.364. The van der Waals surface area contributed by atoms with Crippen LogP contribution in [-0.4, -0.2) is 0 Å². The molecule has 11 heavy (non-hydrogen) atoms. The van der Waals surface area contributed by atoms with Gasteiger partial charge in [0, 0.05) is 6.07 Å². The fourth-order valence-corrected chi connectivity index (χ4v) is 1.02. The molecule has 0 atom stereocenters. The van der Waals surface area contributed by atoms with E-state index in [-0.39, 0.29) is 0 Å². The van der Waals surface area contributed by atoms with Crippen molar-refractivity contribution in [2.24, 2.45) is 0 Å². The van der Waals surface area contributed by atoms with Crippen LogP contribution in [0.25, 0.3) is 0 Å². The number of hydrogen-bond donors (Lipinski definition) is 0. The highest BCUT2D eigenvalue weighted by Crippen LogP contribution is 2.26. The molecule has 60 valence electrons. The van der Waals surface area contributed by atoms with Crippen molar-refractivity contribution in [3.05, 3.63) is 28.2 Å². The summed E-state index contributed by atoms with van der Waals surface area (Å²) in [6.07, 6.45) is 0. The highest BCUT2D eigenvalue weighted by atomic mass is 35.6. The van der Waals surface area contributed by atoms with Gasteiger partial charge in [-0.2, -0.15) is 0 Å². The Bertz CT molecular complexity index is 252. The maximum Gasteiger partial charge on any atom is 0.393 e. The van der Waals surface area contributed by atoms with Crippen LogP contribution in [0.4, 0.5) is 0 Å². The lowest BCUT2D eigenvalue weighted by molar-refractivity contribution is -1.25. The van der Waals surface area contributed by atoms with Gasteiger partial charge in [-0.15, -0.1) is 0 Å². The molecule has 1 rings (SSSR count). The van der Waals surface area contributed by atoms with Crippen molar-refractivity contribution in [2.45, 2.75) is 0 Å². The van der Waals surface area contributed by atoms with Crippen molar-refractivity contribution in [3.63, 3.8) is 0 Å². The third kappa shape index (κ3) is 2.42. The monoisotopic (exact) mass is 212 g/mol. The van der Waals surface area contributed by atoms with E-state index in [1.165, 1.54) is 6.07 Å².